The van der Waals surface area contributed by atoms with Gasteiger partial charge in [0.2, 0.25) is 5.88 Å². The first kappa shape index (κ1) is 23.6. The topological polar surface area (TPSA) is 51.7 Å². The fourth-order valence-electron chi connectivity index (χ4n) is 3.92. The second-order valence-electron chi connectivity index (χ2n) is 8.48. The Bertz CT molecular complexity index is 1180. The molecular weight excluding hydrogens is 445 g/mol. The lowest BCUT2D eigenvalue weighted by Crippen LogP contribution is -2.33. The van der Waals surface area contributed by atoms with Gasteiger partial charge in [0.25, 0.3) is 5.91 Å². The van der Waals surface area contributed by atoms with Gasteiger partial charge in [-0.15, -0.1) is 0 Å². The molecule has 0 N–H and O–H groups in total. The maximum absolute atomic E-state index is 13.2. The summed E-state index contributed by atoms with van der Waals surface area (Å²) in [7, 11) is 0. The summed E-state index contributed by atoms with van der Waals surface area (Å²) in [6.07, 6.45) is -4.51. The molecule has 0 aliphatic carbocycles. The lowest BCUT2D eigenvalue weighted by atomic mass is 10.1. The highest BCUT2D eigenvalue weighted by Gasteiger charge is 2.37. The third kappa shape index (κ3) is 5.16. The minimum absolute atomic E-state index is 0.00913. The standard InChI is InChI=1S/C26H25F3N2O3/c1-16(2)34-21-11-8-18(9-12-21)23(15-33-24-6-4-5-17(3)30-24)31-14-19-7-10-20(26(27,28)29)13-22(19)25(31)32/h4-13,16,23H,14-15H2,1-3H3. The van der Waals surface area contributed by atoms with Gasteiger partial charge < -0.3 is 14.4 Å². The van der Waals surface area contributed by atoms with E-state index in [9.17, 15) is 18.0 Å². The molecule has 2 heterocycles. The SMILES string of the molecule is Cc1cccc(OCC(c2ccc(OC(C)C)cc2)N2Cc3ccc(C(F)(F)F)cc3C2=O)n1. The van der Waals surface area contributed by atoms with Gasteiger partial charge in [0.1, 0.15) is 12.4 Å². The van der Waals surface area contributed by atoms with E-state index in [-0.39, 0.29) is 24.8 Å². The monoisotopic (exact) mass is 470 g/mol. The molecule has 3 aromatic rings. The first-order valence-corrected chi connectivity index (χ1v) is 11.0. The first-order chi connectivity index (χ1) is 16.1. The lowest BCUT2D eigenvalue weighted by Gasteiger charge is -2.28. The number of pyridine rings is 1. The molecule has 0 saturated carbocycles. The molecule has 1 aromatic heterocycles. The van der Waals surface area contributed by atoms with E-state index >= 15 is 0 Å². The van der Waals surface area contributed by atoms with Gasteiger partial charge in [-0.3, -0.25) is 4.79 Å². The number of hydrogen-bond acceptors (Lipinski definition) is 4. The zero-order valence-corrected chi connectivity index (χ0v) is 19.1. The van der Waals surface area contributed by atoms with Crippen molar-refractivity contribution in [3.63, 3.8) is 0 Å². The molecular formula is C26H25F3N2O3. The molecule has 5 nitrogen and oxygen atoms in total. The molecule has 178 valence electrons. The number of aromatic nitrogens is 1. The van der Waals surface area contributed by atoms with Crippen LogP contribution in [-0.2, 0) is 12.7 Å². The molecule has 1 atom stereocenters. The normalized spacial score (nSPS) is 14.3. The Balaban J connectivity index is 1.63. The van der Waals surface area contributed by atoms with Gasteiger partial charge in [-0.25, -0.2) is 4.98 Å². The van der Waals surface area contributed by atoms with Crippen molar-refractivity contribution in [1.82, 2.24) is 9.88 Å². The first-order valence-electron chi connectivity index (χ1n) is 11.0. The van der Waals surface area contributed by atoms with Crippen LogP contribution in [0, 0.1) is 6.92 Å². The van der Waals surface area contributed by atoms with E-state index in [0.717, 1.165) is 23.4 Å². The van der Waals surface area contributed by atoms with Gasteiger partial charge in [-0.1, -0.05) is 24.3 Å². The molecule has 0 radical (unpaired) electrons. The second-order valence-corrected chi connectivity index (χ2v) is 8.48. The van der Waals surface area contributed by atoms with Gasteiger partial charge in [0.15, 0.2) is 0 Å². The average molecular weight is 470 g/mol. The number of amides is 1. The van der Waals surface area contributed by atoms with Crippen LogP contribution in [0.1, 0.15) is 52.6 Å². The summed E-state index contributed by atoms with van der Waals surface area (Å²) in [5, 5.41) is 0. The second kappa shape index (κ2) is 9.37. The number of fused-ring (bicyclic) bond motifs is 1. The van der Waals surface area contributed by atoms with Crippen LogP contribution in [0.15, 0.2) is 60.7 Å². The van der Waals surface area contributed by atoms with Crippen molar-refractivity contribution < 1.29 is 27.4 Å². The Morgan fingerprint density at radius 1 is 1.06 bits per heavy atom. The quantitative estimate of drug-likeness (QED) is 0.427. The summed E-state index contributed by atoms with van der Waals surface area (Å²) in [5.74, 6) is 0.632. The van der Waals surface area contributed by atoms with Crippen LogP contribution < -0.4 is 9.47 Å². The van der Waals surface area contributed by atoms with Crippen LogP contribution in [0.4, 0.5) is 13.2 Å². The number of benzene rings is 2. The maximum Gasteiger partial charge on any atom is 0.416 e. The predicted octanol–water partition coefficient (Wildman–Crippen LogP) is 5.97. The Labute approximate surface area is 196 Å². The van der Waals surface area contributed by atoms with Crippen molar-refractivity contribution in [1.29, 1.82) is 0 Å². The van der Waals surface area contributed by atoms with Crippen molar-refractivity contribution in [3.05, 3.63) is 88.6 Å². The zero-order chi connectivity index (χ0) is 24.5. The summed E-state index contributed by atoms with van der Waals surface area (Å²) < 4.78 is 51.3. The third-order valence-corrected chi connectivity index (χ3v) is 5.53. The molecule has 4 rings (SSSR count). The molecule has 1 amide bonds. The van der Waals surface area contributed by atoms with Crippen molar-refractivity contribution >= 4 is 5.91 Å². The van der Waals surface area contributed by atoms with Gasteiger partial charge in [-0.2, -0.15) is 13.2 Å². The number of nitrogens with zero attached hydrogens (tertiary/aromatic N) is 2. The fraction of sp³-hybridized carbons (Fsp3) is 0.308. The molecule has 1 aliphatic rings. The molecule has 0 saturated heterocycles. The third-order valence-electron chi connectivity index (χ3n) is 5.53. The highest BCUT2D eigenvalue weighted by atomic mass is 19.4. The molecule has 0 fully saturated rings. The molecule has 8 heteroatoms. The highest BCUT2D eigenvalue weighted by Crippen LogP contribution is 2.36. The Hall–Kier alpha value is -3.55. The molecule has 0 bridgehead atoms. The van der Waals surface area contributed by atoms with Crippen molar-refractivity contribution in [2.24, 2.45) is 0 Å². The zero-order valence-electron chi connectivity index (χ0n) is 19.1. The fourth-order valence-corrected chi connectivity index (χ4v) is 3.92. The summed E-state index contributed by atoms with van der Waals surface area (Å²) in [4.78, 5) is 19.1. The number of alkyl halides is 3. The Morgan fingerprint density at radius 2 is 1.79 bits per heavy atom. The van der Waals surface area contributed by atoms with Crippen molar-refractivity contribution in [2.75, 3.05) is 6.61 Å². The van der Waals surface area contributed by atoms with E-state index in [1.54, 1.807) is 11.0 Å². The van der Waals surface area contributed by atoms with E-state index in [1.165, 1.54) is 6.07 Å². The van der Waals surface area contributed by atoms with E-state index in [0.29, 0.717) is 17.2 Å². The van der Waals surface area contributed by atoms with Crippen LogP contribution in [0.5, 0.6) is 11.6 Å². The largest absolute Gasteiger partial charge is 0.491 e. The Kier molecular flexibility index (Phi) is 6.50. The van der Waals surface area contributed by atoms with Crippen LogP contribution in [0.25, 0.3) is 0 Å². The molecule has 1 aliphatic heterocycles. The molecule has 2 aromatic carbocycles. The minimum atomic E-state index is -4.52. The van der Waals surface area contributed by atoms with Crippen LogP contribution in [-0.4, -0.2) is 28.5 Å². The number of halogens is 3. The number of carbonyl (C=O) groups is 1. The number of aryl methyl sites for hydroxylation is 1. The maximum atomic E-state index is 13.2. The van der Waals surface area contributed by atoms with Crippen molar-refractivity contribution in [3.8, 4) is 11.6 Å². The number of carbonyl (C=O) groups excluding carboxylic acids is 1. The van der Waals surface area contributed by atoms with Crippen molar-refractivity contribution in [2.45, 2.75) is 45.6 Å². The van der Waals surface area contributed by atoms with Gasteiger partial charge >= 0.3 is 6.18 Å². The molecule has 0 spiro atoms. The van der Waals surface area contributed by atoms with E-state index in [4.69, 9.17) is 9.47 Å². The predicted molar refractivity (Wildman–Crippen MR) is 121 cm³/mol. The number of rotatable bonds is 7. The average Bonchev–Trinajstić information content (AvgIpc) is 3.10. The minimum Gasteiger partial charge on any atom is -0.491 e. The number of hydrogen-bond donors (Lipinski definition) is 0. The van der Waals surface area contributed by atoms with Gasteiger partial charge in [0.05, 0.1) is 17.7 Å². The van der Waals surface area contributed by atoms with E-state index < -0.39 is 23.7 Å². The van der Waals surface area contributed by atoms with Crippen LogP contribution in [0.2, 0.25) is 0 Å². The van der Waals surface area contributed by atoms with E-state index in [1.807, 2.05) is 57.2 Å². The van der Waals surface area contributed by atoms with Gasteiger partial charge in [-0.05, 0) is 62.2 Å². The summed E-state index contributed by atoms with van der Waals surface area (Å²) in [5.41, 5.74) is 1.34. The summed E-state index contributed by atoms with van der Waals surface area (Å²) in [6.45, 7) is 5.97. The van der Waals surface area contributed by atoms with Gasteiger partial charge in [0, 0.05) is 23.9 Å². The van der Waals surface area contributed by atoms with Crippen LogP contribution >= 0.6 is 0 Å². The van der Waals surface area contributed by atoms with E-state index in [2.05, 4.69) is 4.98 Å². The summed E-state index contributed by atoms with van der Waals surface area (Å²) >= 11 is 0. The Morgan fingerprint density at radius 3 is 2.44 bits per heavy atom. The molecule has 34 heavy (non-hydrogen) atoms. The lowest BCUT2D eigenvalue weighted by molar-refractivity contribution is -0.137. The number of ether oxygens (including phenoxy) is 2. The molecule has 1 unspecified atom stereocenters. The van der Waals surface area contributed by atoms with Crippen LogP contribution in [0.3, 0.4) is 0 Å². The summed E-state index contributed by atoms with van der Waals surface area (Å²) in [6, 6.07) is 15.5. The smallest absolute Gasteiger partial charge is 0.416 e. The highest BCUT2D eigenvalue weighted by molar-refractivity contribution is 5.98.